The van der Waals surface area contributed by atoms with Gasteiger partial charge in [-0.05, 0) is 62.5 Å². The van der Waals surface area contributed by atoms with E-state index < -0.39 is 0 Å². The maximum atomic E-state index is 6.51. The van der Waals surface area contributed by atoms with Crippen LogP contribution in [0.1, 0.15) is 47.0 Å². The Hall–Kier alpha value is -0.340. The molecule has 2 aliphatic carbocycles. The predicted molar refractivity (Wildman–Crippen MR) is 69.7 cm³/mol. The van der Waals surface area contributed by atoms with Crippen LogP contribution >= 0.6 is 11.3 Å². The molecule has 0 amide bonds. The Bertz CT molecular complexity index is 395. The van der Waals surface area contributed by atoms with Gasteiger partial charge >= 0.3 is 0 Å². The highest BCUT2D eigenvalue weighted by molar-refractivity contribution is 7.12. The van der Waals surface area contributed by atoms with E-state index in [1.54, 1.807) is 0 Å². The second kappa shape index (κ2) is 3.85. The molecule has 0 spiro atoms. The number of hydrogen-bond donors (Lipinski definition) is 1. The Morgan fingerprint density at radius 3 is 2.62 bits per heavy atom. The molecule has 2 aliphatic rings. The van der Waals surface area contributed by atoms with E-state index in [9.17, 15) is 0 Å². The molecule has 0 aliphatic heterocycles. The summed E-state index contributed by atoms with van der Waals surface area (Å²) in [6.45, 7) is 4.40. The van der Waals surface area contributed by atoms with Gasteiger partial charge in [-0.2, -0.15) is 0 Å². The van der Waals surface area contributed by atoms with Gasteiger partial charge in [0.15, 0.2) is 0 Å². The van der Waals surface area contributed by atoms with Crippen molar-refractivity contribution in [1.29, 1.82) is 0 Å². The van der Waals surface area contributed by atoms with Gasteiger partial charge in [0.2, 0.25) is 0 Å². The van der Waals surface area contributed by atoms with Crippen LogP contribution in [0.2, 0.25) is 0 Å². The number of thiophene rings is 1. The first-order valence-corrected chi connectivity index (χ1v) is 7.29. The molecule has 1 aromatic rings. The molecule has 88 valence electrons. The van der Waals surface area contributed by atoms with E-state index in [2.05, 4.69) is 19.9 Å². The van der Waals surface area contributed by atoms with Crippen LogP contribution in [0.5, 0.6) is 0 Å². The zero-order chi connectivity index (χ0) is 11.3. The van der Waals surface area contributed by atoms with Crippen LogP contribution in [0.25, 0.3) is 0 Å². The van der Waals surface area contributed by atoms with Crippen LogP contribution in [0.15, 0.2) is 6.07 Å². The van der Waals surface area contributed by atoms with Gasteiger partial charge < -0.3 is 5.73 Å². The highest BCUT2D eigenvalue weighted by Gasteiger charge is 2.42. The van der Waals surface area contributed by atoms with E-state index in [-0.39, 0.29) is 0 Å². The Labute approximate surface area is 102 Å². The number of hydrogen-bond acceptors (Lipinski definition) is 2. The zero-order valence-corrected chi connectivity index (χ0v) is 11.0. The fourth-order valence-corrected chi connectivity index (χ4v) is 5.03. The third-order valence-corrected chi connectivity index (χ3v) is 5.89. The molecule has 1 aromatic heterocycles. The molecule has 1 nitrogen and oxygen atoms in total. The van der Waals surface area contributed by atoms with Gasteiger partial charge in [0.25, 0.3) is 0 Å². The third kappa shape index (κ3) is 1.63. The van der Waals surface area contributed by atoms with E-state index in [1.807, 2.05) is 11.3 Å². The highest BCUT2D eigenvalue weighted by atomic mass is 32.1. The van der Waals surface area contributed by atoms with Gasteiger partial charge in [-0.3, -0.25) is 0 Å². The zero-order valence-electron chi connectivity index (χ0n) is 10.2. The fraction of sp³-hybridized carbons (Fsp3) is 0.714. The van der Waals surface area contributed by atoms with Crippen LogP contribution in [-0.2, 0) is 0 Å². The Morgan fingerprint density at radius 2 is 2.12 bits per heavy atom. The van der Waals surface area contributed by atoms with Gasteiger partial charge in [0.05, 0.1) is 0 Å². The lowest BCUT2D eigenvalue weighted by Gasteiger charge is -2.27. The van der Waals surface area contributed by atoms with Gasteiger partial charge in [-0.15, -0.1) is 11.3 Å². The Balaban J connectivity index is 1.82. The molecule has 4 atom stereocenters. The second-order valence-electron chi connectivity index (χ2n) is 5.77. The highest BCUT2D eigenvalue weighted by Crippen LogP contribution is 2.52. The molecule has 0 saturated heterocycles. The normalized spacial score (nSPS) is 34.6. The molecule has 2 fully saturated rings. The molecule has 4 unspecified atom stereocenters. The molecule has 0 radical (unpaired) electrons. The summed E-state index contributed by atoms with van der Waals surface area (Å²) in [7, 11) is 0. The van der Waals surface area contributed by atoms with Crippen molar-refractivity contribution < 1.29 is 0 Å². The fourth-order valence-electron chi connectivity index (χ4n) is 3.92. The van der Waals surface area contributed by atoms with Crippen LogP contribution < -0.4 is 5.73 Å². The van der Waals surface area contributed by atoms with Crippen molar-refractivity contribution in [3.05, 3.63) is 21.4 Å². The number of nitrogens with two attached hydrogens (primary N) is 1. The molecule has 2 heteroatoms. The first-order valence-electron chi connectivity index (χ1n) is 6.47. The van der Waals surface area contributed by atoms with Crippen molar-refractivity contribution in [2.24, 2.45) is 23.5 Å². The van der Waals surface area contributed by atoms with Crippen molar-refractivity contribution in [3.8, 4) is 0 Å². The van der Waals surface area contributed by atoms with E-state index in [0.29, 0.717) is 6.04 Å². The summed E-state index contributed by atoms with van der Waals surface area (Å²) in [6.07, 6.45) is 5.76. The van der Waals surface area contributed by atoms with E-state index in [1.165, 1.54) is 41.0 Å². The lowest BCUT2D eigenvalue weighted by molar-refractivity contribution is 0.286. The van der Waals surface area contributed by atoms with E-state index >= 15 is 0 Å². The maximum Gasteiger partial charge on any atom is 0.0423 e. The Kier molecular flexibility index (Phi) is 2.60. The largest absolute Gasteiger partial charge is 0.323 e. The molecule has 0 aromatic carbocycles. The SMILES string of the molecule is Cc1cc(C)c(C(N)C2CC3CCC2C3)s1. The van der Waals surface area contributed by atoms with Gasteiger partial charge in [0, 0.05) is 15.8 Å². The monoisotopic (exact) mass is 235 g/mol. The molecule has 2 saturated carbocycles. The summed E-state index contributed by atoms with van der Waals surface area (Å²) in [5, 5.41) is 0. The minimum Gasteiger partial charge on any atom is -0.323 e. The van der Waals surface area contributed by atoms with Crippen LogP contribution in [0, 0.1) is 31.6 Å². The molecular weight excluding hydrogens is 214 g/mol. The minimum atomic E-state index is 0.314. The predicted octanol–water partition coefficient (Wildman–Crippen LogP) is 3.80. The molecular formula is C14H21NS. The number of fused-ring (bicyclic) bond motifs is 2. The quantitative estimate of drug-likeness (QED) is 0.829. The van der Waals surface area contributed by atoms with Gasteiger partial charge in [-0.1, -0.05) is 6.42 Å². The topological polar surface area (TPSA) is 26.0 Å². The minimum absolute atomic E-state index is 0.314. The number of aryl methyl sites for hydroxylation is 2. The van der Waals surface area contributed by atoms with Crippen LogP contribution in [0.3, 0.4) is 0 Å². The van der Waals surface area contributed by atoms with Crippen LogP contribution in [0.4, 0.5) is 0 Å². The summed E-state index contributed by atoms with van der Waals surface area (Å²) in [4.78, 5) is 2.86. The lowest BCUT2D eigenvalue weighted by Crippen LogP contribution is -2.25. The van der Waals surface area contributed by atoms with Crippen LogP contribution in [-0.4, -0.2) is 0 Å². The second-order valence-corrected chi connectivity index (χ2v) is 7.06. The first-order chi connectivity index (χ1) is 7.65. The van der Waals surface area contributed by atoms with Crippen molar-refractivity contribution in [2.75, 3.05) is 0 Å². The molecule has 2 bridgehead atoms. The molecule has 2 N–H and O–H groups in total. The van der Waals surface area contributed by atoms with Crippen molar-refractivity contribution >= 4 is 11.3 Å². The van der Waals surface area contributed by atoms with Crippen molar-refractivity contribution in [2.45, 2.75) is 45.6 Å². The third-order valence-electron chi connectivity index (χ3n) is 4.64. The van der Waals surface area contributed by atoms with E-state index in [0.717, 1.165) is 17.8 Å². The summed E-state index contributed by atoms with van der Waals surface area (Å²) in [6, 6.07) is 2.60. The first kappa shape index (κ1) is 10.8. The maximum absolute atomic E-state index is 6.51. The average Bonchev–Trinajstić information content (AvgIpc) is 2.91. The van der Waals surface area contributed by atoms with Crippen molar-refractivity contribution in [3.63, 3.8) is 0 Å². The Morgan fingerprint density at radius 1 is 1.31 bits per heavy atom. The summed E-state index contributed by atoms with van der Waals surface area (Å²) in [5.41, 5.74) is 7.93. The van der Waals surface area contributed by atoms with Gasteiger partial charge in [-0.25, -0.2) is 0 Å². The summed E-state index contributed by atoms with van der Waals surface area (Å²) >= 11 is 1.91. The molecule has 16 heavy (non-hydrogen) atoms. The lowest BCUT2D eigenvalue weighted by atomic mass is 9.82. The number of rotatable bonds is 2. The summed E-state index contributed by atoms with van der Waals surface area (Å²) in [5.74, 6) is 2.71. The molecule has 1 heterocycles. The van der Waals surface area contributed by atoms with Crippen molar-refractivity contribution in [1.82, 2.24) is 0 Å². The average molecular weight is 235 g/mol. The van der Waals surface area contributed by atoms with E-state index in [4.69, 9.17) is 5.73 Å². The van der Waals surface area contributed by atoms with Gasteiger partial charge in [0.1, 0.15) is 0 Å². The molecule has 3 rings (SSSR count). The summed E-state index contributed by atoms with van der Waals surface area (Å²) < 4.78 is 0. The smallest absolute Gasteiger partial charge is 0.0423 e. The standard InChI is InChI=1S/C14H21NS/c1-8-5-9(2)16-14(8)13(15)12-7-10-3-4-11(12)6-10/h5,10-13H,3-4,6-7,15H2,1-2H3.